The third kappa shape index (κ3) is 3.40. The summed E-state index contributed by atoms with van der Waals surface area (Å²) in [6.07, 6.45) is 9.02. The van der Waals surface area contributed by atoms with Crippen molar-refractivity contribution in [3.8, 4) is 11.3 Å². The summed E-state index contributed by atoms with van der Waals surface area (Å²) < 4.78 is 5.87. The molecule has 8 nitrogen and oxygen atoms in total. The van der Waals surface area contributed by atoms with E-state index in [0.29, 0.717) is 22.3 Å². The molecule has 4 fully saturated rings. The molecule has 2 aromatic rings. The predicted octanol–water partition coefficient (Wildman–Crippen LogP) is 5.48. The van der Waals surface area contributed by atoms with Crippen LogP contribution in [-0.4, -0.2) is 38.0 Å². The van der Waals surface area contributed by atoms with Gasteiger partial charge in [-0.3, -0.25) is 10.2 Å². The lowest BCUT2D eigenvalue weighted by molar-refractivity contribution is -0.114. The Balaban J connectivity index is 1.17. The molecule has 1 aromatic heterocycles. The topological polar surface area (TPSA) is 119 Å². The molecule has 1 aromatic carbocycles. The molecule has 4 aliphatic carbocycles. The third-order valence-corrected chi connectivity index (χ3v) is 9.41. The minimum Gasteiger partial charge on any atom is -0.478 e. The lowest BCUT2D eigenvalue weighted by atomic mass is 9.50. The number of nitrogens with one attached hydrogen (secondary N) is 1. The van der Waals surface area contributed by atoms with Crippen LogP contribution < -0.4 is 0 Å². The van der Waals surface area contributed by atoms with E-state index in [1.807, 2.05) is 0 Å². The summed E-state index contributed by atoms with van der Waals surface area (Å²) in [6.45, 7) is 0. The van der Waals surface area contributed by atoms with Crippen LogP contribution in [0.3, 0.4) is 0 Å². The number of carbonyl (C=O) groups is 2. The summed E-state index contributed by atoms with van der Waals surface area (Å²) in [7, 11) is 0. The Hall–Kier alpha value is -3.46. The summed E-state index contributed by atoms with van der Waals surface area (Å²) in [5.41, 5.74) is 0.974. The van der Waals surface area contributed by atoms with Gasteiger partial charge in [-0.25, -0.2) is 4.79 Å². The van der Waals surface area contributed by atoms with Gasteiger partial charge in [-0.15, -0.1) is 0 Å². The molecule has 4 bridgehead atoms. The lowest BCUT2D eigenvalue weighted by Gasteiger charge is -2.56. The first kappa shape index (κ1) is 21.8. The van der Waals surface area contributed by atoms with E-state index in [2.05, 4.69) is 4.99 Å². The number of thioether (sulfide) groups is 1. The second kappa shape index (κ2) is 7.77. The Kier molecular flexibility index (Phi) is 4.70. The number of aromatic carboxylic acids is 1. The Morgan fingerprint density at radius 3 is 2.56 bits per heavy atom. The second-order valence-corrected chi connectivity index (χ2v) is 11.7. The second-order valence-electron chi connectivity index (χ2n) is 10.7. The Morgan fingerprint density at radius 2 is 1.86 bits per heavy atom. The fraction of sp³-hybridized carbons (Fsp3) is 0.370. The van der Waals surface area contributed by atoms with E-state index in [1.165, 1.54) is 54.2 Å². The molecule has 8 rings (SSSR count). The average molecular weight is 501 g/mol. The summed E-state index contributed by atoms with van der Waals surface area (Å²) in [5.74, 6) is 1.70. The number of hydrogen-bond donors (Lipinski definition) is 2. The summed E-state index contributed by atoms with van der Waals surface area (Å²) in [6, 6.07) is 9.87. The van der Waals surface area contributed by atoms with Gasteiger partial charge in [0.15, 0.2) is 5.84 Å². The first-order valence-electron chi connectivity index (χ1n) is 12.3. The van der Waals surface area contributed by atoms with Crippen molar-refractivity contribution in [3.63, 3.8) is 0 Å². The van der Waals surface area contributed by atoms with E-state index in [9.17, 15) is 14.7 Å². The van der Waals surface area contributed by atoms with Crippen molar-refractivity contribution in [1.29, 1.82) is 5.41 Å². The zero-order valence-corrected chi connectivity index (χ0v) is 20.3. The van der Waals surface area contributed by atoms with Crippen LogP contribution >= 0.6 is 11.8 Å². The standard InChI is InChI=1S/C27H24N4O4S/c28-22-20(10-19-4-5-21(35-19)17-2-1-3-18(9-17)24(33)34)23(32)29-26-31(22)30-25(36-26)27-11-14-6-15(12-27)8-16(7-14)13-27/h1-5,9-10,14-16,28H,6-8,11-13H2,(H,33,34)/b20-10-,28-22?. The van der Waals surface area contributed by atoms with Crippen molar-refractivity contribution in [1.82, 2.24) is 5.01 Å². The van der Waals surface area contributed by atoms with Crippen molar-refractivity contribution in [2.75, 3.05) is 0 Å². The molecule has 0 spiro atoms. The number of nitrogens with zero attached hydrogens (tertiary/aromatic N) is 3. The highest BCUT2D eigenvalue weighted by molar-refractivity contribution is 8.27. The van der Waals surface area contributed by atoms with Gasteiger partial charge in [0.05, 0.1) is 11.1 Å². The number of amides is 1. The van der Waals surface area contributed by atoms with Crippen LogP contribution in [0.15, 0.2) is 56.5 Å². The molecule has 2 N–H and O–H groups in total. The summed E-state index contributed by atoms with van der Waals surface area (Å²) in [4.78, 5) is 28.5. The number of amidine groups is 2. The van der Waals surface area contributed by atoms with E-state index < -0.39 is 11.9 Å². The van der Waals surface area contributed by atoms with Crippen molar-refractivity contribution in [2.24, 2.45) is 33.3 Å². The number of aliphatic imine (C=N–C) groups is 1. The van der Waals surface area contributed by atoms with Gasteiger partial charge >= 0.3 is 5.97 Å². The molecule has 6 aliphatic rings. The van der Waals surface area contributed by atoms with Gasteiger partial charge in [0, 0.05) is 11.0 Å². The fourth-order valence-corrected chi connectivity index (χ4v) is 8.22. The highest BCUT2D eigenvalue weighted by atomic mass is 32.2. The Morgan fingerprint density at radius 1 is 1.14 bits per heavy atom. The molecule has 1 amide bonds. The maximum atomic E-state index is 12.9. The van der Waals surface area contributed by atoms with E-state index in [-0.39, 0.29) is 22.4 Å². The predicted molar refractivity (Wildman–Crippen MR) is 137 cm³/mol. The number of carboxylic acid groups (broad SMARTS) is 1. The lowest BCUT2D eigenvalue weighted by Crippen LogP contribution is -2.49. The number of fused-ring (bicyclic) bond motifs is 1. The van der Waals surface area contributed by atoms with Gasteiger partial charge in [-0.2, -0.15) is 15.1 Å². The number of rotatable bonds is 4. The van der Waals surface area contributed by atoms with Crippen molar-refractivity contribution >= 4 is 45.8 Å². The number of benzene rings is 1. The van der Waals surface area contributed by atoms with E-state index in [4.69, 9.17) is 14.9 Å². The Bertz CT molecular complexity index is 1400. The minimum atomic E-state index is -1.02. The van der Waals surface area contributed by atoms with Crippen LogP contribution in [0.5, 0.6) is 0 Å². The van der Waals surface area contributed by atoms with Crippen LogP contribution in [0.1, 0.15) is 54.6 Å². The van der Waals surface area contributed by atoms with Gasteiger partial charge in [0.1, 0.15) is 16.6 Å². The molecule has 0 unspecified atom stereocenters. The fourth-order valence-electron chi connectivity index (χ4n) is 7.11. The number of carbonyl (C=O) groups excluding carboxylic acids is 1. The van der Waals surface area contributed by atoms with E-state index >= 15 is 0 Å². The minimum absolute atomic E-state index is 0.00283. The zero-order chi connectivity index (χ0) is 24.6. The maximum Gasteiger partial charge on any atom is 0.335 e. The molecular weight excluding hydrogens is 476 g/mol. The molecule has 36 heavy (non-hydrogen) atoms. The smallest absolute Gasteiger partial charge is 0.335 e. The molecular formula is C27H24N4O4S. The quantitative estimate of drug-likeness (QED) is 0.537. The van der Waals surface area contributed by atoms with Crippen LogP contribution in [-0.2, 0) is 4.79 Å². The molecule has 0 atom stereocenters. The summed E-state index contributed by atoms with van der Waals surface area (Å²) >= 11 is 1.47. The van der Waals surface area contributed by atoms with Gasteiger partial charge in [-0.1, -0.05) is 12.1 Å². The molecule has 3 heterocycles. The third-order valence-electron chi connectivity index (χ3n) is 8.25. The summed E-state index contributed by atoms with van der Waals surface area (Å²) in [5, 5.41) is 25.9. The Labute approximate surface area is 211 Å². The molecule has 0 saturated heterocycles. The van der Waals surface area contributed by atoms with Gasteiger partial charge in [-0.05, 0) is 98.4 Å². The van der Waals surface area contributed by atoms with Crippen molar-refractivity contribution in [2.45, 2.75) is 38.5 Å². The number of hydrazone groups is 1. The molecule has 2 aliphatic heterocycles. The molecule has 4 saturated carbocycles. The SMILES string of the molecule is N=C1/C(=C/c2ccc(-c3cccc(C(=O)O)c3)o2)C(=O)N=C2SC(C34CC5CC(CC(C5)C3)C4)=NN12. The van der Waals surface area contributed by atoms with Gasteiger partial charge in [0.2, 0.25) is 5.17 Å². The normalized spacial score (nSPS) is 31.6. The molecule has 0 radical (unpaired) electrons. The van der Waals surface area contributed by atoms with Crippen LogP contribution in [0.4, 0.5) is 0 Å². The zero-order valence-electron chi connectivity index (χ0n) is 19.4. The highest BCUT2D eigenvalue weighted by Crippen LogP contribution is 2.62. The molecule has 9 heteroatoms. The first-order valence-corrected chi connectivity index (χ1v) is 13.1. The molecule has 182 valence electrons. The number of carboxylic acids is 1. The van der Waals surface area contributed by atoms with Crippen molar-refractivity contribution < 1.29 is 19.1 Å². The van der Waals surface area contributed by atoms with Crippen LogP contribution in [0.2, 0.25) is 0 Å². The first-order chi connectivity index (χ1) is 17.4. The highest BCUT2D eigenvalue weighted by Gasteiger charge is 2.55. The average Bonchev–Trinajstić information content (AvgIpc) is 3.49. The van der Waals surface area contributed by atoms with E-state index in [1.54, 1.807) is 24.3 Å². The van der Waals surface area contributed by atoms with Crippen molar-refractivity contribution in [3.05, 3.63) is 53.3 Å². The largest absolute Gasteiger partial charge is 0.478 e. The monoisotopic (exact) mass is 500 g/mol. The number of furan rings is 1. The van der Waals surface area contributed by atoms with E-state index in [0.717, 1.165) is 42.1 Å². The maximum absolute atomic E-state index is 12.9. The van der Waals surface area contributed by atoms with Crippen LogP contribution in [0, 0.1) is 28.6 Å². The van der Waals surface area contributed by atoms with Crippen LogP contribution in [0.25, 0.3) is 17.4 Å². The number of hydrogen-bond acceptors (Lipinski definition) is 6. The van der Waals surface area contributed by atoms with Gasteiger partial charge in [0.25, 0.3) is 5.91 Å². The van der Waals surface area contributed by atoms with Gasteiger partial charge < -0.3 is 9.52 Å².